The lowest BCUT2D eigenvalue weighted by Crippen LogP contribution is -2.31. The van der Waals surface area contributed by atoms with E-state index in [2.05, 4.69) is 13.8 Å². The van der Waals surface area contributed by atoms with Crippen LogP contribution >= 0.6 is 11.8 Å². The van der Waals surface area contributed by atoms with Crippen LogP contribution in [-0.4, -0.2) is 17.2 Å². The lowest BCUT2D eigenvalue weighted by Gasteiger charge is -2.34. The van der Waals surface area contributed by atoms with Crippen molar-refractivity contribution in [3.05, 3.63) is 119 Å². The molecule has 1 atom stereocenters. The first kappa shape index (κ1) is 31.3. The summed E-state index contributed by atoms with van der Waals surface area (Å²) < 4.78 is 85.8. The Bertz CT molecular complexity index is 1490. The van der Waals surface area contributed by atoms with E-state index in [9.17, 15) is 31.4 Å². The number of halogens is 6. The molecule has 42 heavy (non-hydrogen) atoms. The molecule has 0 heterocycles. The summed E-state index contributed by atoms with van der Waals surface area (Å²) >= 11 is -0.253. The predicted octanol–water partition coefficient (Wildman–Crippen LogP) is 9.97. The number of alkyl halides is 6. The molecule has 0 aromatic heterocycles. The highest BCUT2D eigenvalue weighted by atomic mass is 32.2. The smallest absolute Gasteiger partial charge is 0.446 e. The van der Waals surface area contributed by atoms with Crippen molar-refractivity contribution in [2.45, 2.75) is 48.9 Å². The number of ether oxygens (including phenoxy) is 1. The monoisotopic (exact) mass is 605 g/mol. The predicted molar refractivity (Wildman–Crippen MR) is 153 cm³/mol. The number of hydrogen-bond acceptors (Lipinski definition) is 4. The molecule has 0 saturated heterocycles. The minimum absolute atomic E-state index is 0.0000170. The van der Waals surface area contributed by atoms with Gasteiger partial charge in [-0.05, 0) is 82.9 Å². The van der Waals surface area contributed by atoms with Crippen molar-refractivity contribution < 1.29 is 36.2 Å². The highest BCUT2D eigenvalue weighted by molar-refractivity contribution is 8.00. The molecule has 0 aliphatic heterocycles. The summed E-state index contributed by atoms with van der Waals surface area (Å²) in [4.78, 5) is 1.63. The standard InChI is InChI=1S/C32H29F6NO2S/c1-21(2)23-8-5-12-27(17-23)41-28-13-6-11-26(18-28)39(19-22-7-3-14-29(15-22)42-32(36,37)38)30(20-40)24-9-4-10-25(16-24)31(33,34)35/h3-18,21,30,40H,19-20H2,1-2H3. The fraction of sp³-hybridized carbons (Fsp3) is 0.250. The van der Waals surface area contributed by atoms with E-state index in [1.165, 1.54) is 30.3 Å². The van der Waals surface area contributed by atoms with Crippen LogP contribution in [0.5, 0.6) is 11.5 Å². The zero-order valence-electron chi connectivity index (χ0n) is 22.8. The molecular formula is C32H29F6NO2S. The van der Waals surface area contributed by atoms with Gasteiger partial charge in [0.15, 0.2) is 0 Å². The van der Waals surface area contributed by atoms with E-state index in [4.69, 9.17) is 4.74 Å². The van der Waals surface area contributed by atoms with Crippen LogP contribution in [0.3, 0.4) is 0 Å². The quantitative estimate of drug-likeness (QED) is 0.144. The molecule has 0 spiro atoms. The molecule has 4 aromatic rings. The second kappa shape index (κ2) is 13.1. The number of nitrogens with zero attached hydrogens (tertiary/aromatic N) is 1. The first-order chi connectivity index (χ1) is 19.8. The summed E-state index contributed by atoms with van der Waals surface area (Å²) in [5, 5.41) is 10.5. The highest BCUT2D eigenvalue weighted by Crippen LogP contribution is 2.39. The van der Waals surface area contributed by atoms with Crippen molar-refractivity contribution in [2.24, 2.45) is 0 Å². The average Bonchev–Trinajstić information content (AvgIpc) is 2.92. The molecule has 0 saturated carbocycles. The molecule has 10 heteroatoms. The largest absolute Gasteiger partial charge is 0.457 e. The van der Waals surface area contributed by atoms with Gasteiger partial charge in [-0.1, -0.05) is 56.3 Å². The maximum atomic E-state index is 13.5. The number of thioether (sulfide) groups is 1. The Hall–Kier alpha value is -3.63. The van der Waals surface area contributed by atoms with Gasteiger partial charge in [-0.25, -0.2) is 0 Å². The minimum atomic E-state index is -4.59. The molecule has 0 aliphatic rings. The minimum Gasteiger partial charge on any atom is -0.457 e. The van der Waals surface area contributed by atoms with Crippen LogP contribution in [0, 0.1) is 0 Å². The molecule has 0 aliphatic carbocycles. The number of rotatable bonds is 10. The molecule has 0 radical (unpaired) electrons. The second-order valence-corrected chi connectivity index (χ2v) is 11.1. The number of hydrogen-bond donors (Lipinski definition) is 1. The van der Waals surface area contributed by atoms with Gasteiger partial charge < -0.3 is 14.7 Å². The van der Waals surface area contributed by atoms with E-state index in [0.717, 1.165) is 17.7 Å². The van der Waals surface area contributed by atoms with E-state index in [0.29, 0.717) is 22.7 Å². The van der Waals surface area contributed by atoms with Gasteiger partial charge in [-0.3, -0.25) is 0 Å². The van der Waals surface area contributed by atoms with Gasteiger partial charge in [0.2, 0.25) is 0 Å². The van der Waals surface area contributed by atoms with Gasteiger partial charge in [-0.2, -0.15) is 26.3 Å². The first-order valence-corrected chi connectivity index (χ1v) is 13.9. The molecule has 1 unspecified atom stereocenters. The lowest BCUT2D eigenvalue weighted by molar-refractivity contribution is -0.137. The summed E-state index contributed by atoms with van der Waals surface area (Å²) in [6.45, 7) is 3.56. The Morgan fingerprint density at radius 2 is 1.40 bits per heavy atom. The van der Waals surface area contributed by atoms with Crippen LogP contribution in [0.4, 0.5) is 32.0 Å². The number of aliphatic hydroxyl groups is 1. The summed E-state index contributed by atoms with van der Waals surface area (Å²) in [5.41, 5.74) is -3.11. The van der Waals surface area contributed by atoms with E-state index >= 15 is 0 Å². The SMILES string of the molecule is CC(C)c1cccc(Oc2cccc(N(Cc3cccc(SC(F)(F)F)c3)C(CO)c3cccc(C(F)(F)F)c3)c2)c1. The Morgan fingerprint density at radius 3 is 2.07 bits per heavy atom. The molecule has 3 nitrogen and oxygen atoms in total. The van der Waals surface area contributed by atoms with Gasteiger partial charge in [0.25, 0.3) is 0 Å². The highest BCUT2D eigenvalue weighted by Gasteiger charge is 2.32. The molecule has 0 fully saturated rings. The van der Waals surface area contributed by atoms with E-state index in [1.54, 1.807) is 41.3 Å². The fourth-order valence-electron chi connectivity index (χ4n) is 4.52. The van der Waals surface area contributed by atoms with Gasteiger partial charge >= 0.3 is 11.7 Å². The number of anilines is 1. The maximum absolute atomic E-state index is 13.5. The van der Waals surface area contributed by atoms with Crippen molar-refractivity contribution in [1.82, 2.24) is 0 Å². The van der Waals surface area contributed by atoms with Gasteiger partial charge in [0.1, 0.15) is 11.5 Å². The van der Waals surface area contributed by atoms with Crippen LogP contribution in [-0.2, 0) is 12.7 Å². The van der Waals surface area contributed by atoms with Gasteiger partial charge in [0, 0.05) is 23.2 Å². The summed E-state index contributed by atoms with van der Waals surface area (Å²) in [5.74, 6) is 1.32. The zero-order chi connectivity index (χ0) is 30.5. The Morgan fingerprint density at radius 1 is 0.762 bits per heavy atom. The van der Waals surface area contributed by atoms with Crippen molar-refractivity contribution in [3.8, 4) is 11.5 Å². The average molecular weight is 606 g/mol. The van der Waals surface area contributed by atoms with Crippen LogP contribution in [0.15, 0.2) is 102 Å². The third kappa shape index (κ3) is 8.45. The molecule has 1 N–H and O–H groups in total. The Balaban J connectivity index is 1.74. The van der Waals surface area contributed by atoms with Crippen LogP contribution < -0.4 is 9.64 Å². The van der Waals surface area contributed by atoms with E-state index in [-0.39, 0.29) is 34.7 Å². The third-order valence-electron chi connectivity index (χ3n) is 6.54. The lowest BCUT2D eigenvalue weighted by atomic mass is 10.0. The van der Waals surface area contributed by atoms with Crippen molar-refractivity contribution in [3.63, 3.8) is 0 Å². The summed E-state index contributed by atoms with van der Waals surface area (Å²) in [6, 6.07) is 24.0. The Labute approximate surface area is 244 Å². The van der Waals surface area contributed by atoms with Gasteiger partial charge in [-0.15, -0.1) is 0 Å². The van der Waals surface area contributed by atoms with Crippen LogP contribution in [0.2, 0.25) is 0 Å². The van der Waals surface area contributed by atoms with E-state index < -0.39 is 29.9 Å². The summed E-state index contributed by atoms with van der Waals surface area (Å²) in [7, 11) is 0. The molecule has 4 rings (SSSR count). The van der Waals surface area contributed by atoms with E-state index in [1.807, 2.05) is 18.2 Å². The van der Waals surface area contributed by atoms with Crippen molar-refractivity contribution in [2.75, 3.05) is 11.5 Å². The first-order valence-electron chi connectivity index (χ1n) is 13.1. The normalized spacial score (nSPS) is 12.8. The second-order valence-electron chi connectivity index (χ2n) is 9.97. The summed E-state index contributed by atoms with van der Waals surface area (Å²) in [6.07, 6.45) is -4.59. The molecule has 0 amide bonds. The van der Waals surface area contributed by atoms with Crippen molar-refractivity contribution >= 4 is 17.4 Å². The van der Waals surface area contributed by atoms with Crippen LogP contribution in [0.1, 0.15) is 48.1 Å². The van der Waals surface area contributed by atoms with Crippen LogP contribution in [0.25, 0.3) is 0 Å². The topological polar surface area (TPSA) is 32.7 Å². The number of aliphatic hydroxyl groups excluding tert-OH is 1. The molecule has 222 valence electrons. The molecular weight excluding hydrogens is 576 g/mol. The number of benzene rings is 4. The van der Waals surface area contributed by atoms with Crippen molar-refractivity contribution in [1.29, 1.82) is 0 Å². The van der Waals surface area contributed by atoms with Gasteiger partial charge in [0.05, 0.1) is 18.2 Å². The third-order valence-corrected chi connectivity index (χ3v) is 7.26. The fourth-order valence-corrected chi connectivity index (χ4v) is 5.15. The molecule has 4 aromatic carbocycles. The molecule has 0 bridgehead atoms. The zero-order valence-corrected chi connectivity index (χ0v) is 23.6. The Kier molecular flexibility index (Phi) is 9.78. The maximum Gasteiger partial charge on any atom is 0.446 e.